The molecular formula is C10H10BF2NO2. The third kappa shape index (κ3) is 4.59. The highest BCUT2D eigenvalue weighted by atomic mass is 19.2. The fourth-order valence-electron chi connectivity index (χ4n) is 1.06. The third-order valence-electron chi connectivity index (χ3n) is 1.65. The van der Waals surface area contributed by atoms with Crippen LogP contribution in [0.3, 0.4) is 0 Å². The number of carbonyl (C=O) groups excluding carboxylic acids is 1. The number of anilines is 1. The Morgan fingerprint density at radius 2 is 2.00 bits per heavy atom. The molecule has 0 bridgehead atoms. The molecule has 0 radical (unpaired) electrons. The van der Waals surface area contributed by atoms with Gasteiger partial charge < -0.3 is 9.97 Å². The number of carbonyl (C=O) groups is 1. The molecule has 1 N–H and O–H groups in total. The van der Waals surface area contributed by atoms with Crippen LogP contribution in [0.4, 0.5) is 14.3 Å². The lowest BCUT2D eigenvalue weighted by Gasteiger charge is -2.03. The quantitative estimate of drug-likeness (QED) is 0.485. The lowest BCUT2D eigenvalue weighted by atomic mass is 10.3. The molecule has 0 unspecified atom stereocenters. The second kappa shape index (κ2) is 5.90. The largest absolute Gasteiger partial charge is 0.796 e. The number of allylic oxidation sites excluding steroid dienone is 1. The van der Waals surface area contributed by atoms with Gasteiger partial charge in [-0.05, 0) is 19.1 Å². The lowest BCUT2D eigenvalue weighted by molar-refractivity contribution is -0.112. The average Bonchev–Trinajstić information content (AvgIpc) is 2.17. The summed E-state index contributed by atoms with van der Waals surface area (Å²) in [5.41, 5.74) is 0.591. The molecule has 6 heteroatoms. The SMILES string of the molecule is C/C(=C\C(=O)Nc1ccccc1)OB(F)F. The van der Waals surface area contributed by atoms with Gasteiger partial charge in [0.2, 0.25) is 0 Å². The Hall–Kier alpha value is -1.85. The Morgan fingerprint density at radius 3 is 2.56 bits per heavy atom. The van der Waals surface area contributed by atoms with Crippen molar-refractivity contribution < 1.29 is 18.1 Å². The molecule has 1 aromatic rings. The number of halogens is 2. The van der Waals surface area contributed by atoms with Crippen LogP contribution in [0.2, 0.25) is 0 Å². The van der Waals surface area contributed by atoms with E-state index in [-0.39, 0.29) is 5.76 Å². The lowest BCUT2D eigenvalue weighted by Crippen LogP contribution is -2.10. The Bertz CT molecular complexity index is 382. The van der Waals surface area contributed by atoms with Crippen molar-refractivity contribution in [2.24, 2.45) is 0 Å². The Morgan fingerprint density at radius 1 is 1.38 bits per heavy atom. The first kappa shape index (κ1) is 12.2. The molecule has 1 amide bonds. The first-order valence-electron chi connectivity index (χ1n) is 4.57. The normalized spacial score (nSPS) is 10.8. The first-order chi connectivity index (χ1) is 7.58. The van der Waals surface area contributed by atoms with Gasteiger partial charge in [-0.1, -0.05) is 18.2 Å². The number of nitrogens with one attached hydrogen (secondary N) is 1. The zero-order valence-electron chi connectivity index (χ0n) is 8.61. The van der Waals surface area contributed by atoms with E-state index in [1.165, 1.54) is 6.92 Å². The third-order valence-corrected chi connectivity index (χ3v) is 1.65. The summed E-state index contributed by atoms with van der Waals surface area (Å²) in [6, 6.07) is 8.68. The second-order valence-corrected chi connectivity index (χ2v) is 2.99. The zero-order valence-corrected chi connectivity index (χ0v) is 8.61. The van der Waals surface area contributed by atoms with E-state index >= 15 is 0 Å². The summed E-state index contributed by atoms with van der Waals surface area (Å²) in [6.45, 7) is 1.29. The molecule has 0 spiro atoms. The molecule has 0 aliphatic rings. The number of rotatable bonds is 4. The Balaban J connectivity index is 2.54. The smallest absolute Gasteiger partial charge is 0.509 e. The maximum atomic E-state index is 11.8. The van der Waals surface area contributed by atoms with E-state index in [0.29, 0.717) is 5.69 Å². The van der Waals surface area contributed by atoms with Gasteiger partial charge in [-0.25, -0.2) is 8.63 Å². The van der Waals surface area contributed by atoms with Crippen LogP contribution in [0.5, 0.6) is 0 Å². The summed E-state index contributed by atoms with van der Waals surface area (Å²) in [4.78, 5) is 11.3. The van der Waals surface area contributed by atoms with E-state index < -0.39 is 13.4 Å². The van der Waals surface area contributed by atoms with Crippen molar-refractivity contribution in [3.8, 4) is 0 Å². The van der Waals surface area contributed by atoms with Gasteiger partial charge in [-0.2, -0.15) is 0 Å². The second-order valence-electron chi connectivity index (χ2n) is 2.99. The fraction of sp³-hybridized carbons (Fsp3) is 0.100. The van der Waals surface area contributed by atoms with Crippen LogP contribution in [0.15, 0.2) is 42.2 Å². The van der Waals surface area contributed by atoms with Crippen LogP contribution in [0, 0.1) is 0 Å². The van der Waals surface area contributed by atoms with Gasteiger partial charge in [-0.15, -0.1) is 0 Å². The molecule has 3 nitrogen and oxygen atoms in total. The van der Waals surface area contributed by atoms with Crippen LogP contribution in [-0.2, 0) is 9.45 Å². The predicted molar refractivity (Wildman–Crippen MR) is 57.9 cm³/mol. The van der Waals surface area contributed by atoms with Crippen LogP contribution in [0.1, 0.15) is 6.92 Å². The molecule has 0 aromatic heterocycles. The topological polar surface area (TPSA) is 38.3 Å². The minimum atomic E-state index is -2.92. The zero-order chi connectivity index (χ0) is 12.0. The summed E-state index contributed by atoms with van der Waals surface area (Å²) in [5.74, 6) is -0.646. The minimum Gasteiger partial charge on any atom is -0.509 e. The van der Waals surface area contributed by atoms with Crippen molar-refractivity contribution >= 4 is 19.1 Å². The van der Waals surface area contributed by atoms with Gasteiger partial charge in [0, 0.05) is 11.8 Å². The van der Waals surface area contributed by atoms with Crippen LogP contribution in [-0.4, -0.2) is 13.4 Å². The van der Waals surface area contributed by atoms with Crippen molar-refractivity contribution in [1.82, 2.24) is 0 Å². The van der Waals surface area contributed by atoms with Crippen LogP contribution in [0.25, 0.3) is 0 Å². The molecular weight excluding hydrogens is 215 g/mol. The van der Waals surface area contributed by atoms with E-state index in [0.717, 1.165) is 6.08 Å². The average molecular weight is 225 g/mol. The van der Waals surface area contributed by atoms with E-state index in [1.54, 1.807) is 30.3 Å². The van der Waals surface area contributed by atoms with Gasteiger partial charge in [-0.3, -0.25) is 4.79 Å². The van der Waals surface area contributed by atoms with Crippen LogP contribution < -0.4 is 5.32 Å². The van der Waals surface area contributed by atoms with Gasteiger partial charge in [0.25, 0.3) is 5.91 Å². The highest BCUT2D eigenvalue weighted by molar-refractivity contribution is 6.34. The number of amides is 1. The summed E-state index contributed by atoms with van der Waals surface area (Å²) < 4.78 is 27.6. The van der Waals surface area contributed by atoms with E-state index in [4.69, 9.17) is 0 Å². The summed E-state index contributed by atoms with van der Waals surface area (Å²) in [7, 11) is -2.92. The molecule has 0 aliphatic heterocycles. The fourth-order valence-corrected chi connectivity index (χ4v) is 1.06. The number of benzene rings is 1. The standard InChI is InChI=1S/C10H10BF2NO2/c1-8(16-11(12)13)7-10(15)14-9-5-3-2-4-6-9/h2-7H,1H3,(H,14,15)/b8-7+. The molecule has 84 valence electrons. The van der Waals surface area contributed by atoms with E-state index in [9.17, 15) is 13.4 Å². The monoisotopic (exact) mass is 225 g/mol. The maximum Gasteiger partial charge on any atom is 0.796 e. The molecule has 0 heterocycles. The van der Waals surface area contributed by atoms with E-state index in [1.807, 2.05) is 0 Å². The van der Waals surface area contributed by atoms with Crippen LogP contribution >= 0.6 is 0 Å². The Labute approximate surface area is 92.3 Å². The van der Waals surface area contributed by atoms with Crippen molar-refractivity contribution in [2.45, 2.75) is 6.92 Å². The Kier molecular flexibility index (Phi) is 4.51. The van der Waals surface area contributed by atoms with Gasteiger partial charge in [0.1, 0.15) is 0 Å². The van der Waals surface area contributed by atoms with E-state index in [2.05, 4.69) is 9.97 Å². The maximum absolute atomic E-state index is 11.8. The van der Waals surface area contributed by atoms with Gasteiger partial charge >= 0.3 is 7.47 Å². The molecule has 0 atom stereocenters. The van der Waals surface area contributed by atoms with Crippen molar-refractivity contribution in [3.63, 3.8) is 0 Å². The first-order valence-corrected chi connectivity index (χ1v) is 4.57. The highest BCUT2D eigenvalue weighted by Gasteiger charge is 2.17. The van der Waals surface area contributed by atoms with Crippen molar-refractivity contribution in [2.75, 3.05) is 5.32 Å². The molecule has 0 saturated heterocycles. The summed E-state index contributed by atoms with van der Waals surface area (Å²) >= 11 is 0. The molecule has 0 aliphatic carbocycles. The minimum absolute atomic E-state index is 0.136. The molecule has 1 rings (SSSR count). The predicted octanol–water partition coefficient (Wildman–Crippen LogP) is 2.47. The molecule has 16 heavy (non-hydrogen) atoms. The van der Waals surface area contributed by atoms with Crippen molar-refractivity contribution in [3.05, 3.63) is 42.2 Å². The molecule has 0 saturated carbocycles. The number of hydrogen-bond donors (Lipinski definition) is 1. The van der Waals surface area contributed by atoms with Gasteiger partial charge in [0.15, 0.2) is 0 Å². The van der Waals surface area contributed by atoms with Crippen molar-refractivity contribution in [1.29, 1.82) is 0 Å². The number of para-hydroxylation sites is 1. The molecule has 1 aromatic carbocycles. The summed E-state index contributed by atoms with van der Waals surface area (Å²) in [5, 5.41) is 2.51. The summed E-state index contributed by atoms with van der Waals surface area (Å²) in [6.07, 6.45) is 0.971. The molecule has 0 fully saturated rings. The number of hydrogen-bond acceptors (Lipinski definition) is 2. The highest BCUT2D eigenvalue weighted by Crippen LogP contribution is 2.06. The van der Waals surface area contributed by atoms with Gasteiger partial charge in [0.05, 0.1) is 5.76 Å².